The number of rotatable bonds is 8. The SMILES string of the molecule is COc1ccc(CN2C(=O)N[C@@H](CCC(=O)NCc3ccc(Cl)cc3Cl)C2=O)cc1. The maximum Gasteiger partial charge on any atom is 0.325 e. The second kappa shape index (κ2) is 9.82. The number of carbonyl (C=O) groups is 3. The molecule has 3 rings (SSSR count). The van der Waals surface area contributed by atoms with Crippen molar-refractivity contribution in [3.05, 3.63) is 63.6 Å². The molecule has 0 aliphatic carbocycles. The number of nitrogens with zero attached hydrogens (tertiary/aromatic N) is 1. The van der Waals surface area contributed by atoms with Crippen LogP contribution in [0.3, 0.4) is 0 Å². The summed E-state index contributed by atoms with van der Waals surface area (Å²) in [7, 11) is 1.57. The number of benzene rings is 2. The number of urea groups is 1. The van der Waals surface area contributed by atoms with Crippen molar-refractivity contribution in [2.24, 2.45) is 0 Å². The fourth-order valence-corrected chi connectivity index (χ4v) is 3.53. The number of nitrogens with one attached hydrogen (secondary N) is 2. The van der Waals surface area contributed by atoms with Crippen molar-refractivity contribution in [3.8, 4) is 5.75 Å². The Morgan fingerprint density at radius 2 is 1.90 bits per heavy atom. The first kappa shape index (κ1) is 21.9. The molecule has 2 aromatic carbocycles. The molecule has 2 aromatic rings. The van der Waals surface area contributed by atoms with E-state index in [0.717, 1.165) is 16.0 Å². The van der Waals surface area contributed by atoms with Crippen molar-refractivity contribution >= 4 is 41.0 Å². The fourth-order valence-electron chi connectivity index (χ4n) is 3.06. The Bertz CT molecular complexity index is 950. The monoisotopic (exact) mass is 449 g/mol. The third-order valence-electron chi connectivity index (χ3n) is 4.76. The van der Waals surface area contributed by atoms with Gasteiger partial charge in [-0.2, -0.15) is 0 Å². The van der Waals surface area contributed by atoms with Gasteiger partial charge in [0.2, 0.25) is 5.91 Å². The Balaban J connectivity index is 1.48. The topological polar surface area (TPSA) is 87.7 Å². The van der Waals surface area contributed by atoms with E-state index in [1.54, 1.807) is 49.6 Å². The Hall–Kier alpha value is -2.77. The highest BCUT2D eigenvalue weighted by Gasteiger charge is 2.37. The van der Waals surface area contributed by atoms with Crippen molar-refractivity contribution in [1.82, 2.24) is 15.5 Å². The maximum atomic E-state index is 12.6. The summed E-state index contributed by atoms with van der Waals surface area (Å²) in [5, 5.41) is 6.38. The lowest BCUT2D eigenvalue weighted by atomic mass is 10.1. The van der Waals surface area contributed by atoms with Crippen molar-refractivity contribution in [1.29, 1.82) is 0 Å². The minimum atomic E-state index is -0.722. The third kappa shape index (κ3) is 5.43. The van der Waals surface area contributed by atoms with E-state index in [1.165, 1.54) is 0 Å². The van der Waals surface area contributed by atoms with Crippen molar-refractivity contribution < 1.29 is 19.1 Å². The number of hydrogen-bond acceptors (Lipinski definition) is 4. The average Bonchev–Trinajstić information content (AvgIpc) is 2.99. The molecule has 0 unspecified atom stereocenters. The third-order valence-corrected chi connectivity index (χ3v) is 5.34. The highest BCUT2D eigenvalue weighted by atomic mass is 35.5. The molecule has 1 aliphatic heterocycles. The van der Waals surface area contributed by atoms with E-state index in [-0.39, 0.29) is 37.7 Å². The molecule has 0 saturated carbocycles. The van der Waals surface area contributed by atoms with Gasteiger partial charge >= 0.3 is 6.03 Å². The van der Waals surface area contributed by atoms with Crippen LogP contribution in [0.15, 0.2) is 42.5 Å². The maximum absolute atomic E-state index is 12.6. The average molecular weight is 450 g/mol. The standard InChI is InChI=1S/C21H21Cl2N3O4/c1-30-16-6-2-13(3-7-16)12-26-20(28)18(25-21(26)29)8-9-19(27)24-11-14-4-5-15(22)10-17(14)23/h2-7,10,18H,8-9,11-12H2,1H3,(H,24,27)(H,25,29)/t18-/m0/s1. The van der Waals surface area contributed by atoms with Gasteiger partial charge in [0.1, 0.15) is 11.8 Å². The molecule has 1 fully saturated rings. The van der Waals surface area contributed by atoms with Gasteiger partial charge in [-0.05, 0) is 41.8 Å². The molecule has 1 heterocycles. The van der Waals surface area contributed by atoms with Crippen LogP contribution in [0.4, 0.5) is 4.79 Å². The van der Waals surface area contributed by atoms with Crippen LogP contribution in [-0.2, 0) is 22.7 Å². The molecule has 0 radical (unpaired) electrons. The van der Waals surface area contributed by atoms with Gasteiger partial charge in [0.05, 0.1) is 13.7 Å². The molecular formula is C21H21Cl2N3O4. The zero-order chi connectivity index (χ0) is 21.7. The van der Waals surface area contributed by atoms with Gasteiger partial charge in [-0.15, -0.1) is 0 Å². The number of hydrogen-bond donors (Lipinski definition) is 2. The van der Waals surface area contributed by atoms with Gasteiger partial charge in [0.25, 0.3) is 5.91 Å². The highest BCUT2D eigenvalue weighted by Crippen LogP contribution is 2.21. The molecule has 30 heavy (non-hydrogen) atoms. The first-order valence-corrected chi connectivity index (χ1v) is 10.1. The molecule has 4 amide bonds. The summed E-state index contributed by atoms with van der Waals surface area (Å²) >= 11 is 11.9. The first-order valence-electron chi connectivity index (χ1n) is 9.33. The van der Waals surface area contributed by atoms with Crippen LogP contribution in [0.2, 0.25) is 10.0 Å². The minimum Gasteiger partial charge on any atom is -0.497 e. The highest BCUT2D eigenvalue weighted by molar-refractivity contribution is 6.35. The zero-order valence-corrected chi connectivity index (χ0v) is 17.8. The summed E-state index contributed by atoms with van der Waals surface area (Å²) in [6.45, 7) is 0.413. The number of methoxy groups -OCH3 is 1. The van der Waals surface area contributed by atoms with Crippen LogP contribution in [0, 0.1) is 0 Å². The van der Waals surface area contributed by atoms with Crippen molar-refractivity contribution in [3.63, 3.8) is 0 Å². The normalized spacial score (nSPS) is 15.8. The number of imide groups is 1. The predicted octanol–water partition coefficient (Wildman–Crippen LogP) is 3.52. The fraction of sp³-hybridized carbons (Fsp3) is 0.286. The van der Waals surface area contributed by atoms with Crippen LogP contribution >= 0.6 is 23.2 Å². The number of carbonyl (C=O) groups excluding carboxylic acids is 3. The van der Waals surface area contributed by atoms with E-state index < -0.39 is 12.1 Å². The lowest BCUT2D eigenvalue weighted by Gasteiger charge is -2.13. The summed E-state index contributed by atoms with van der Waals surface area (Å²) < 4.78 is 5.10. The van der Waals surface area contributed by atoms with Crippen LogP contribution in [0.1, 0.15) is 24.0 Å². The Kier molecular flexibility index (Phi) is 7.18. The Morgan fingerprint density at radius 3 is 2.57 bits per heavy atom. The summed E-state index contributed by atoms with van der Waals surface area (Å²) in [6.07, 6.45) is 0.308. The van der Waals surface area contributed by atoms with Gasteiger partial charge < -0.3 is 15.4 Å². The van der Waals surface area contributed by atoms with E-state index in [9.17, 15) is 14.4 Å². The minimum absolute atomic E-state index is 0.0955. The number of halogens is 2. The molecule has 1 aliphatic rings. The molecule has 2 N–H and O–H groups in total. The second-order valence-electron chi connectivity index (χ2n) is 6.83. The first-order chi connectivity index (χ1) is 14.4. The van der Waals surface area contributed by atoms with Gasteiger partial charge in [-0.3, -0.25) is 14.5 Å². The van der Waals surface area contributed by atoms with Crippen LogP contribution < -0.4 is 15.4 Å². The summed E-state index contributed by atoms with van der Waals surface area (Å²) in [5.41, 5.74) is 1.54. The molecular weight excluding hydrogens is 429 g/mol. The van der Waals surface area contributed by atoms with E-state index in [4.69, 9.17) is 27.9 Å². The van der Waals surface area contributed by atoms with Crippen LogP contribution in [0.5, 0.6) is 5.75 Å². The molecule has 0 bridgehead atoms. The summed E-state index contributed by atoms with van der Waals surface area (Å²) in [5.74, 6) is 0.112. The molecule has 1 saturated heterocycles. The largest absolute Gasteiger partial charge is 0.497 e. The van der Waals surface area contributed by atoms with Crippen molar-refractivity contribution in [2.75, 3.05) is 7.11 Å². The predicted molar refractivity (Wildman–Crippen MR) is 113 cm³/mol. The summed E-state index contributed by atoms with van der Waals surface area (Å²) in [6, 6.07) is 11.0. The van der Waals surface area contributed by atoms with Gasteiger partial charge in [-0.25, -0.2) is 4.79 Å². The van der Waals surface area contributed by atoms with Crippen LogP contribution in [0.25, 0.3) is 0 Å². The lowest BCUT2D eigenvalue weighted by molar-refractivity contribution is -0.128. The molecule has 1 atom stereocenters. The Morgan fingerprint density at radius 1 is 1.17 bits per heavy atom. The van der Waals surface area contributed by atoms with E-state index in [2.05, 4.69) is 10.6 Å². The van der Waals surface area contributed by atoms with Gasteiger partial charge in [0, 0.05) is 23.0 Å². The summed E-state index contributed by atoms with van der Waals surface area (Å²) in [4.78, 5) is 38.0. The van der Waals surface area contributed by atoms with Crippen LogP contribution in [-0.4, -0.2) is 35.9 Å². The van der Waals surface area contributed by atoms with Gasteiger partial charge in [0.15, 0.2) is 0 Å². The van der Waals surface area contributed by atoms with Gasteiger partial charge in [-0.1, -0.05) is 41.4 Å². The van der Waals surface area contributed by atoms with E-state index >= 15 is 0 Å². The number of ether oxygens (including phenoxy) is 1. The second-order valence-corrected chi connectivity index (χ2v) is 7.67. The van der Waals surface area contributed by atoms with E-state index in [0.29, 0.717) is 15.8 Å². The molecule has 7 nitrogen and oxygen atoms in total. The smallest absolute Gasteiger partial charge is 0.325 e. The lowest BCUT2D eigenvalue weighted by Crippen LogP contribution is -2.32. The molecule has 158 valence electrons. The molecule has 9 heteroatoms. The molecule has 0 aromatic heterocycles. The quantitative estimate of drug-likeness (QED) is 0.603. The molecule has 0 spiro atoms. The zero-order valence-electron chi connectivity index (χ0n) is 16.3. The number of amides is 4. The van der Waals surface area contributed by atoms with E-state index in [1.807, 2.05) is 0 Å². The Labute approximate surface area is 184 Å². The van der Waals surface area contributed by atoms with Crippen molar-refractivity contribution in [2.45, 2.75) is 32.0 Å².